The Hall–Kier alpha value is -3.49. The number of aromatic nitrogens is 3. The van der Waals surface area contributed by atoms with Crippen molar-refractivity contribution in [1.29, 1.82) is 0 Å². The van der Waals surface area contributed by atoms with Crippen molar-refractivity contribution in [2.24, 2.45) is 10.7 Å². The fraction of sp³-hybridized carbons (Fsp3) is 0.500. The second kappa shape index (κ2) is 14.1. The molecule has 0 spiro atoms. The van der Waals surface area contributed by atoms with Crippen molar-refractivity contribution < 1.29 is 24.5 Å². The number of halogens is 1. The van der Waals surface area contributed by atoms with Gasteiger partial charge in [-0.2, -0.15) is 4.99 Å². The van der Waals surface area contributed by atoms with Gasteiger partial charge in [0.05, 0.1) is 32.5 Å². The molecule has 2 aromatic heterocycles. The normalized spacial score (nSPS) is 18.7. The van der Waals surface area contributed by atoms with Crippen LogP contribution >= 0.6 is 12.4 Å². The summed E-state index contributed by atoms with van der Waals surface area (Å²) in [6, 6.07) is 7.65. The maximum Gasteiger partial charge on any atom is 0.281 e. The Labute approximate surface area is 250 Å². The Kier molecular flexibility index (Phi) is 10.6. The molecular weight excluding hydrogens is 564 g/mol. The number of hydrogen-bond acceptors (Lipinski definition) is 10. The van der Waals surface area contributed by atoms with E-state index in [2.05, 4.69) is 25.1 Å². The molecule has 1 atom stereocenters. The number of nitrogens with zero attached hydrogens (tertiary/aromatic N) is 6. The maximum atomic E-state index is 13.2. The van der Waals surface area contributed by atoms with E-state index in [0.717, 1.165) is 75.8 Å². The lowest BCUT2D eigenvalue weighted by molar-refractivity contribution is 0.0357. The summed E-state index contributed by atoms with van der Waals surface area (Å²) in [5.74, 6) is 2.41. The van der Waals surface area contributed by atoms with E-state index in [4.69, 9.17) is 24.9 Å². The van der Waals surface area contributed by atoms with Gasteiger partial charge in [0, 0.05) is 63.4 Å². The molecule has 3 aromatic rings. The van der Waals surface area contributed by atoms with Crippen LogP contribution < -0.4 is 31.0 Å². The Balaban J connectivity index is 0.00000202. The van der Waals surface area contributed by atoms with Crippen LogP contribution in [0.5, 0.6) is 11.5 Å². The summed E-state index contributed by atoms with van der Waals surface area (Å²) < 4.78 is 19.3. The number of benzene rings is 1. The Morgan fingerprint density at radius 1 is 1.19 bits per heavy atom. The SMILES string of the molecule is COc1c(OCCCN2CCOCC2)ccc2c3n(c(=NC(=O)c4ccc(N5CC[C@H](N)C5)nc4)nc12)CCN3.Cl.O. The number of ether oxygens (including phenoxy) is 3. The zero-order valence-electron chi connectivity index (χ0n) is 23.8. The molecule has 1 aromatic carbocycles. The maximum absolute atomic E-state index is 13.2. The van der Waals surface area contributed by atoms with E-state index in [1.807, 2.05) is 22.8 Å². The predicted molar refractivity (Wildman–Crippen MR) is 162 cm³/mol. The first kappa shape index (κ1) is 31.4. The Morgan fingerprint density at radius 2 is 2.02 bits per heavy atom. The number of nitrogens with two attached hydrogens (primary N) is 1. The molecule has 0 bridgehead atoms. The van der Waals surface area contributed by atoms with Gasteiger partial charge in [-0.05, 0) is 37.1 Å². The molecule has 42 heavy (non-hydrogen) atoms. The molecule has 5 N–H and O–H groups in total. The minimum Gasteiger partial charge on any atom is -0.491 e. The molecule has 1 amide bonds. The van der Waals surface area contributed by atoms with Gasteiger partial charge in [-0.1, -0.05) is 0 Å². The third-order valence-electron chi connectivity index (χ3n) is 7.63. The van der Waals surface area contributed by atoms with E-state index in [-0.39, 0.29) is 23.9 Å². The molecule has 14 heteroatoms. The first-order valence-corrected chi connectivity index (χ1v) is 13.9. The van der Waals surface area contributed by atoms with Crippen LogP contribution in [0.1, 0.15) is 23.2 Å². The van der Waals surface area contributed by atoms with Gasteiger partial charge in [-0.15, -0.1) is 12.4 Å². The highest BCUT2D eigenvalue weighted by molar-refractivity contribution is 5.96. The standard InChI is InChI=1S/C28H36N8O4.ClH.H2O/c1-38-25-22(40-14-2-9-34-12-15-39-16-13-34)5-4-21-24(25)32-28(36-11-8-30-26(21)36)33-27(37)19-3-6-23(31-17-19)35-10-7-20(29)18-35;;/h3-6,17,20,30H,2,7-16,18,29H2,1H3;1H;1H2/t20-;;/m0../s1. The minimum atomic E-state index is -0.403. The fourth-order valence-electron chi connectivity index (χ4n) is 5.49. The number of amides is 1. The summed E-state index contributed by atoms with van der Waals surface area (Å²) in [5, 5.41) is 4.30. The third-order valence-corrected chi connectivity index (χ3v) is 7.63. The average Bonchev–Trinajstić information content (AvgIpc) is 3.66. The van der Waals surface area contributed by atoms with Crippen molar-refractivity contribution >= 4 is 40.9 Å². The van der Waals surface area contributed by atoms with Crippen LogP contribution in [0, 0.1) is 0 Å². The topological polar surface area (TPSA) is 164 Å². The summed E-state index contributed by atoms with van der Waals surface area (Å²) in [4.78, 5) is 31.4. The van der Waals surface area contributed by atoms with Crippen LogP contribution in [-0.4, -0.2) is 103 Å². The highest BCUT2D eigenvalue weighted by atomic mass is 35.5. The molecule has 0 saturated carbocycles. The Morgan fingerprint density at radius 3 is 2.74 bits per heavy atom. The fourth-order valence-corrected chi connectivity index (χ4v) is 5.49. The smallest absolute Gasteiger partial charge is 0.281 e. The monoisotopic (exact) mass is 602 g/mol. The molecule has 228 valence electrons. The number of carbonyl (C=O) groups excluding carboxylic acids is 1. The largest absolute Gasteiger partial charge is 0.491 e. The van der Waals surface area contributed by atoms with Crippen molar-refractivity contribution in [3.63, 3.8) is 0 Å². The van der Waals surface area contributed by atoms with Crippen molar-refractivity contribution in [1.82, 2.24) is 19.4 Å². The van der Waals surface area contributed by atoms with Crippen molar-refractivity contribution in [3.8, 4) is 11.5 Å². The molecule has 13 nitrogen and oxygen atoms in total. The number of nitrogens with one attached hydrogen (secondary N) is 1. The zero-order valence-corrected chi connectivity index (χ0v) is 24.6. The number of methoxy groups -OCH3 is 1. The summed E-state index contributed by atoms with van der Waals surface area (Å²) in [6.45, 7) is 7.99. The molecule has 0 radical (unpaired) electrons. The molecule has 3 aliphatic rings. The van der Waals surface area contributed by atoms with Crippen molar-refractivity contribution in [2.75, 3.05) is 76.4 Å². The molecule has 0 aliphatic carbocycles. The quantitative estimate of drug-likeness (QED) is 0.353. The van der Waals surface area contributed by atoms with E-state index in [0.29, 0.717) is 47.9 Å². The Bertz CT molecular complexity index is 1440. The van der Waals surface area contributed by atoms with E-state index in [1.54, 1.807) is 19.4 Å². The van der Waals surface area contributed by atoms with Crippen LogP contribution in [0.2, 0.25) is 0 Å². The molecular formula is C28H39ClN8O5. The number of morpholine rings is 1. The van der Waals surface area contributed by atoms with Crippen LogP contribution in [0.15, 0.2) is 35.5 Å². The van der Waals surface area contributed by atoms with Crippen LogP contribution in [0.25, 0.3) is 10.9 Å². The summed E-state index contributed by atoms with van der Waals surface area (Å²) >= 11 is 0. The van der Waals surface area contributed by atoms with Crippen LogP contribution in [0.3, 0.4) is 0 Å². The van der Waals surface area contributed by atoms with E-state index in [9.17, 15) is 4.79 Å². The molecule has 0 unspecified atom stereocenters. The average molecular weight is 603 g/mol. The minimum absolute atomic E-state index is 0. The van der Waals surface area contributed by atoms with Gasteiger partial charge in [0.25, 0.3) is 5.91 Å². The van der Waals surface area contributed by atoms with Crippen LogP contribution in [-0.2, 0) is 11.3 Å². The lowest BCUT2D eigenvalue weighted by atomic mass is 10.2. The number of hydrogen-bond donors (Lipinski definition) is 2. The van der Waals surface area contributed by atoms with Crippen LogP contribution in [0.4, 0.5) is 11.6 Å². The molecule has 6 rings (SSSR count). The highest BCUT2D eigenvalue weighted by Crippen LogP contribution is 2.37. The van der Waals surface area contributed by atoms with E-state index < -0.39 is 5.91 Å². The molecule has 3 aliphatic heterocycles. The first-order chi connectivity index (χ1) is 19.6. The van der Waals surface area contributed by atoms with Gasteiger partial charge in [-0.3, -0.25) is 14.3 Å². The van der Waals surface area contributed by atoms with E-state index >= 15 is 0 Å². The third kappa shape index (κ3) is 6.60. The summed E-state index contributed by atoms with van der Waals surface area (Å²) in [5.41, 5.74) is 7.34. The summed E-state index contributed by atoms with van der Waals surface area (Å²) in [6.07, 6.45) is 3.40. The van der Waals surface area contributed by atoms with Gasteiger partial charge in [0.2, 0.25) is 5.62 Å². The number of anilines is 2. The molecule has 2 saturated heterocycles. The predicted octanol–water partition coefficient (Wildman–Crippen LogP) is 0.842. The van der Waals surface area contributed by atoms with E-state index in [1.165, 1.54) is 0 Å². The number of pyridine rings is 1. The second-order valence-electron chi connectivity index (χ2n) is 10.3. The summed E-state index contributed by atoms with van der Waals surface area (Å²) in [7, 11) is 1.60. The van der Waals surface area contributed by atoms with Gasteiger partial charge in [-0.25, -0.2) is 9.97 Å². The van der Waals surface area contributed by atoms with Gasteiger partial charge >= 0.3 is 0 Å². The van der Waals surface area contributed by atoms with Gasteiger partial charge < -0.3 is 35.6 Å². The highest BCUT2D eigenvalue weighted by Gasteiger charge is 2.22. The number of fused-ring (bicyclic) bond motifs is 3. The van der Waals surface area contributed by atoms with Gasteiger partial charge in [0.15, 0.2) is 11.5 Å². The molecule has 5 heterocycles. The second-order valence-corrected chi connectivity index (χ2v) is 10.3. The lowest BCUT2D eigenvalue weighted by Gasteiger charge is -2.26. The molecule has 2 fully saturated rings. The number of carbonyl (C=O) groups is 1. The first-order valence-electron chi connectivity index (χ1n) is 13.9. The van der Waals surface area contributed by atoms with Crippen molar-refractivity contribution in [3.05, 3.63) is 41.6 Å². The van der Waals surface area contributed by atoms with Gasteiger partial charge in [0.1, 0.15) is 17.2 Å². The lowest BCUT2D eigenvalue weighted by Crippen LogP contribution is -2.37. The zero-order chi connectivity index (χ0) is 27.5. The van der Waals surface area contributed by atoms with Crippen molar-refractivity contribution in [2.45, 2.75) is 25.4 Å². The number of rotatable bonds is 8.